The van der Waals surface area contributed by atoms with Gasteiger partial charge in [-0.1, -0.05) is 0 Å². The Balaban J connectivity index is 0.000000134. The van der Waals surface area contributed by atoms with Crippen LogP contribution in [0.2, 0.25) is 0 Å². The lowest BCUT2D eigenvalue weighted by molar-refractivity contribution is 0.122. The Morgan fingerprint density at radius 1 is 0.469 bits per heavy atom. The van der Waals surface area contributed by atoms with Gasteiger partial charge in [-0.3, -0.25) is 0 Å². The highest BCUT2D eigenvalue weighted by Gasteiger charge is 2.38. The Labute approximate surface area is 669 Å². The van der Waals surface area contributed by atoms with Gasteiger partial charge in [-0.05, 0) is 287 Å². The Morgan fingerprint density at radius 3 is 1.39 bits per heavy atom. The van der Waals surface area contributed by atoms with Crippen LogP contribution in [0.25, 0.3) is 77.8 Å². The summed E-state index contributed by atoms with van der Waals surface area (Å²) in [6.45, 7) is 22.8. The number of ether oxygens (including phenoxy) is 6. The van der Waals surface area contributed by atoms with E-state index in [0.29, 0.717) is 37.9 Å². The summed E-state index contributed by atoms with van der Waals surface area (Å²) >= 11 is 0. The van der Waals surface area contributed by atoms with E-state index in [1.165, 1.54) is 121 Å². The zero-order chi connectivity index (χ0) is 77.7. The van der Waals surface area contributed by atoms with Gasteiger partial charge in [-0.15, -0.1) is 0 Å². The molecule has 0 bridgehead atoms. The molecule has 2 unspecified atom stereocenters. The summed E-state index contributed by atoms with van der Waals surface area (Å²) in [5.74, 6) is 7.95. The molecule has 12 heterocycles. The average molecular weight is 1540 g/mol. The largest absolute Gasteiger partial charge is 0.493 e. The van der Waals surface area contributed by atoms with Crippen molar-refractivity contribution in [2.75, 3.05) is 182 Å². The molecule has 7 aliphatic rings. The third-order valence-electron chi connectivity index (χ3n) is 25.3. The Hall–Kier alpha value is -8.83. The van der Waals surface area contributed by atoms with Crippen LogP contribution in [-0.2, 0) is 0 Å². The number of rotatable bonds is 28. The fraction of sp³-hybridized carbons (Fsp3) is 0.533. The summed E-state index contributed by atoms with van der Waals surface area (Å²) in [5, 5.41) is 11.4. The molecule has 0 radical (unpaired) electrons. The molecule has 0 spiro atoms. The van der Waals surface area contributed by atoms with Gasteiger partial charge in [0.15, 0.2) is 40.3 Å². The number of piperidine rings is 3. The number of methoxy groups -OCH3 is 3. The van der Waals surface area contributed by atoms with E-state index in [-0.39, 0.29) is 0 Å². The molecule has 17 rings (SSSR count). The summed E-state index contributed by atoms with van der Waals surface area (Å²) < 4.78 is 47.8. The molecule has 6 aliphatic heterocycles. The van der Waals surface area contributed by atoms with Crippen LogP contribution in [0.1, 0.15) is 121 Å². The first kappa shape index (κ1) is 79.4. The second-order valence-corrected chi connectivity index (χ2v) is 32.7. The molecular weight excluding hydrogens is 1420 g/mol. The summed E-state index contributed by atoms with van der Waals surface area (Å²) in [6.07, 6.45) is 22.4. The molecule has 2 atom stereocenters. The van der Waals surface area contributed by atoms with Crippen LogP contribution >= 0.6 is 0 Å². The number of aromatic nitrogens is 4. The number of H-pyrrole nitrogens is 1. The van der Waals surface area contributed by atoms with Crippen molar-refractivity contribution in [3.05, 3.63) is 121 Å². The Bertz CT molecular complexity index is 4740. The van der Waals surface area contributed by atoms with Crippen molar-refractivity contribution in [1.82, 2.24) is 50.2 Å². The number of furan rings is 2. The molecule has 21 nitrogen and oxygen atoms in total. The maximum atomic E-state index is 6.28. The van der Waals surface area contributed by atoms with Crippen LogP contribution in [0, 0.1) is 25.7 Å². The first-order chi connectivity index (χ1) is 55.3. The number of pyridine rings is 3. The molecule has 1 aliphatic carbocycles. The van der Waals surface area contributed by atoms with Crippen molar-refractivity contribution in [2.45, 2.75) is 141 Å². The van der Waals surface area contributed by atoms with Crippen LogP contribution in [0.5, 0.6) is 34.5 Å². The number of nitrogens with zero attached hydrogens (tertiary/aromatic N) is 10. The summed E-state index contributed by atoms with van der Waals surface area (Å²) in [6, 6.07) is 37.7. The first-order valence-electron chi connectivity index (χ1n) is 42.5. The monoisotopic (exact) mass is 1540 g/mol. The predicted molar refractivity (Wildman–Crippen MR) is 458 cm³/mol. The SMILES string of the molecule is CNC1CCC1C1CCN(c2cc(-c3ccc(C)o3)nc3cc(OCCCN4CCCC4)c(OC)cc23)CC1.CNC1CCN(c2cc(-c3ccc4occc4c3)nc3cc(OCCCN4CCCC4)c(OC)cc23)CC1.COc1cc2c(N3CCC(N(C)C)CC3)cc(-c3ccc(C)[nH]3)nc2cc1OCCCN1CCCC1. The van der Waals surface area contributed by atoms with Crippen molar-refractivity contribution < 1.29 is 37.3 Å². The summed E-state index contributed by atoms with van der Waals surface area (Å²) in [5.41, 5.74) is 13.4. The van der Waals surface area contributed by atoms with Crippen molar-refractivity contribution in [1.29, 1.82) is 0 Å². The average Bonchev–Trinajstić information content (AvgIpc) is 1.68. The normalized spacial score (nSPS) is 19.0. The summed E-state index contributed by atoms with van der Waals surface area (Å²) in [7, 11) is 13.7. The molecular formula is C92H123N13O8. The topological polar surface area (TPSA) is 183 Å². The maximum absolute atomic E-state index is 6.28. The Morgan fingerprint density at radius 2 is 0.947 bits per heavy atom. The minimum Gasteiger partial charge on any atom is -0.493 e. The molecule has 7 fully saturated rings. The van der Waals surface area contributed by atoms with E-state index in [1.807, 2.05) is 31.2 Å². The summed E-state index contributed by atoms with van der Waals surface area (Å²) in [4.78, 5) is 36.2. The van der Waals surface area contributed by atoms with Crippen molar-refractivity contribution >= 4 is 60.7 Å². The molecule has 6 saturated heterocycles. The lowest BCUT2D eigenvalue weighted by atomic mass is 9.68. The standard InChI is InChI=1S/C32H44N4O3.C31H38N4O3.C29H41N5O2/c1-22-7-10-30(39-22)28-20-29(36-16-11-23(12-17-36)24-8-9-26(24)33-2)25-19-31(37-3)32(21-27(25)34-28)38-18-6-15-35-13-4-5-14-35;1-32-24-8-14-35(15-9-24)28-20-26(22-6-7-29-23(18-22)10-17-38-29)33-27-21-31(30(36-2)19-25(27)28)37-16-5-13-34-11-3-4-12-34;1-21-8-9-24(30-21)26-19-27(34-15-10-22(11-16-34)32(2)3)23-18-28(35-4)29(20-25(23)31-26)36-17-7-14-33-12-5-6-13-33/h7,10,19-21,23-24,26,33H,4-6,8-9,11-18H2,1-3H3;6-7,10,17-21,24,32H,3-5,8-9,11-16H2,1-2H3;8-9,18-20,22,30H,5-7,10-17H2,1-4H3. The number of aryl methyl sites for hydroxylation is 2. The minimum atomic E-state index is 0.567. The number of nitrogens with one attached hydrogen (secondary N) is 3. The Kier molecular flexibility index (Phi) is 26.4. The van der Waals surface area contributed by atoms with Crippen LogP contribution in [0.3, 0.4) is 0 Å². The highest BCUT2D eigenvalue weighted by atomic mass is 16.5. The quantitative estimate of drug-likeness (QED) is 0.0393. The number of fused-ring (bicyclic) bond motifs is 4. The zero-order valence-electron chi connectivity index (χ0n) is 68.8. The fourth-order valence-electron chi connectivity index (χ4n) is 18.5. The number of anilines is 3. The minimum absolute atomic E-state index is 0.567. The van der Waals surface area contributed by atoms with Gasteiger partial charge in [0.2, 0.25) is 0 Å². The number of benzene rings is 4. The van der Waals surface area contributed by atoms with Gasteiger partial charge in [0.05, 0.1) is 81.0 Å². The molecule has 0 amide bonds. The highest BCUT2D eigenvalue weighted by molar-refractivity contribution is 5.99. The van der Waals surface area contributed by atoms with E-state index in [4.69, 9.17) is 52.2 Å². The van der Waals surface area contributed by atoms with Crippen molar-refractivity contribution in [3.63, 3.8) is 0 Å². The fourth-order valence-corrected chi connectivity index (χ4v) is 18.5. The second-order valence-electron chi connectivity index (χ2n) is 32.7. The van der Waals surface area contributed by atoms with Crippen LogP contribution in [0.15, 0.2) is 118 Å². The van der Waals surface area contributed by atoms with Gasteiger partial charge in [0.25, 0.3) is 0 Å². The molecule has 604 valence electrons. The molecule has 1 saturated carbocycles. The van der Waals surface area contributed by atoms with Gasteiger partial charge < -0.3 is 87.2 Å². The molecule has 10 aromatic rings. The highest BCUT2D eigenvalue weighted by Crippen LogP contribution is 2.46. The molecule has 6 aromatic heterocycles. The van der Waals surface area contributed by atoms with E-state index in [2.05, 4.69) is 164 Å². The van der Waals surface area contributed by atoms with Crippen molar-refractivity contribution in [3.8, 4) is 68.6 Å². The molecule has 113 heavy (non-hydrogen) atoms. The first-order valence-corrected chi connectivity index (χ1v) is 42.5. The van der Waals surface area contributed by atoms with Gasteiger partial charge in [0.1, 0.15) is 17.0 Å². The zero-order valence-corrected chi connectivity index (χ0v) is 68.8. The lowest BCUT2D eigenvalue weighted by Crippen LogP contribution is -2.48. The van der Waals surface area contributed by atoms with Gasteiger partial charge in [-0.2, -0.15) is 0 Å². The van der Waals surface area contributed by atoms with Crippen LogP contribution in [-0.4, -0.2) is 225 Å². The van der Waals surface area contributed by atoms with E-state index in [0.717, 1.165) is 239 Å². The van der Waals surface area contributed by atoms with Crippen LogP contribution in [0.4, 0.5) is 17.1 Å². The van der Waals surface area contributed by atoms with Crippen LogP contribution < -0.4 is 53.8 Å². The van der Waals surface area contributed by atoms with Gasteiger partial charge >= 0.3 is 0 Å². The maximum Gasteiger partial charge on any atom is 0.163 e. The van der Waals surface area contributed by atoms with E-state index in [9.17, 15) is 0 Å². The number of likely N-dealkylation sites (tertiary alicyclic amines) is 3. The molecule has 3 N–H and O–H groups in total. The second kappa shape index (κ2) is 37.6. The molecule has 21 heteroatoms. The number of hydrogen-bond donors (Lipinski definition) is 3. The van der Waals surface area contributed by atoms with E-state index in [1.54, 1.807) is 27.6 Å². The number of aromatic amines is 1. The number of hydrogen-bond acceptors (Lipinski definition) is 20. The van der Waals surface area contributed by atoms with Gasteiger partial charge in [-0.25, -0.2) is 15.0 Å². The predicted octanol–water partition coefficient (Wildman–Crippen LogP) is 16.5. The van der Waals surface area contributed by atoms with Gasteiger partial charge in [0, 0.05) is 145 Å². The lowest BCUT2D eigenvalue weighted by Gasteiger charge is -2.45. The third kappa shape index (κ3) is 19.1. The van der Waals surface area contributed by atoms with Crippen molar-refractivity contribution in [2.24, 2.45) is 11.8 Å². The third-order valence-corrected chi connectivity index (χ3v) is 25.3. The van der Waals surface area contributed by atoms with E-state index >= 15 is 0 Å². The molecule has 4 aromatic carbocycles. The van der Waals surface area contributed by atoms with E-state index < -0.39 is 0 Å². The smallest absolute Gasteiger partial charge is 0.163 e.